The zero-order valence-corrected chi connectivity index (χ0v) is 20.9. The van der Waals surface area contributed by atoms with E-state index in [9.17, 15) is 35.9 Å². The molecule has 0 bridgehead atoms. The standard InChI is InChI=1S/C26H24ClF6N3O2/c1-14(18-3-2-4-20(25(28,29)30)22(18)26(31,32)33)34-21(37)13-36-24(38)19(12-7-15-5-6-15)23(35-36)16-8-10-17(27)11-9-16/h2-4,8-11,14-15,19H,5-7,12-13H2,1H3,(H,34,37). The summed E-state index contributed by atoms with van der Waals surface area (Å²) in [7, 11) is 0. The molecule has 1 aliphatic heterocycles. The van der Waals surface area contributed by atoms with Gasteiger partial charge in [-0.25, -0.2) is 5.01 Å². The van der Waals surface area contributed by atoms with E-state index in [0.29, 0.717) is 34.7 Å². The molecule has 2 aliphatic rings. The lowest BCUT2D eigenvalue weighted by molar-refractivity contribution is -0.162. The molecule has 204 valence electrons. The summed E-state index contributed by atoms with van der Waals surface area (Å²) in [5, 5.41) is 8.08. The second-order valence-electron chi connectivity index (χ2n) is 9.52. The largest absolute Gasteiger partial charge is 0.417 e. The molecule has 1 heterocycles. The molecule has 0 spiro atoms. The number of benzene rings is 2. The van der Waals surface area contributed by atoms with Crippen molar-refractivity contribution in [1.29, 1.82) is 0 Å². The van der Waals surface area contributed by atoms with Gasteiger partial charge in [-0.1, -0.05) is 48.7 Å². The number of hydrogen-bond donors (Lipinski definition) is 1. The van der Waals surface area contributed by atoms with E-state index < -0.39 is 59.4 Å². The Morgan fingerprint density at radius 3 is 2.29 bits per heavy atom. The number of halogens is 7. The number of amides is 2. The molecular formula is C26H24ClF6N3O2. The van der Waals surface area contributed by atoms with E-state index >= 15 is 0 Å². The van der Waals surface area contributed by atoms with Crippen LogP contribution in [-0.4, -0.2) is 29.1 Å². The van der Waals surface area contributed by atoms with Crippen LogP contribution >= 0.6 is 11.6 Å². The first-order valence-corrected chi connectivity index (χ1v) is 12.4. The Bertz CT molecular complexity index is 1240. The summed E-state index contributed by atoms with van der Waals surface area (Å²) < 4.78 is 80.8. The Morgan fingerprint density at radius 2 is 1.71 bits per heavy atom. The maximum absolute atomic E-state index is 13.6. The van der Waals surface area contributed by atoms with Crippen molar-refractivity contribution in [1.82, 2.24) is 10.3 Å². The predicted molar refractivity (Wildman–Crippen MR) is 128 cm³/mol. The van der Waals surface area contributed by atoms with E-state index in [1.165, 1.54) is 0 Å². The quantitative estimate of drug-likeness (QED) is 0.370. The van der Waals surface area contributed by atoms with Crippen LogP contribution in [0.25, 0.3) is 0 Å². The van der Waals surface area contributed by atoms with Crippen LogP contribution in [0.4, 0.5) is 26.3 Å². The molecule has 2 atom stereocenters. The van der Waals surface area contributed by atoms with Crippen LogP contribution < -0.4 is 5.32 Å². The lowest BCUT2D eigenvalue weighted by Gasteiger charge is -2.23. The van der Waals surface area contributed by atoms with E-state index in [-0.39, 0.29) is 0 Å². The fraction of sp³-hybridized carbons (Fsp3) is 0.423. The van der Waals surface area contributed by atoms with Crippen LogP contribution in [0.2, 0.25) is 5.02 Å². The number of nitrogens with one attached hydrogen (secondary N) is 1. The first-order chi connectivity index (χ1) is 17.8. The maximum atomic E-state index is 13.6. The fourth-order valence-electron chi connectivity index (χ4n) is 4.59. The maximum Gasteiger partial charge on any atom is 0.417 e. The molecule has 1 fully saturated rings. The van der Waals surface area contributed by atoms with E-state index in [1.807, 2.05) is 0 Å². The number of alkyl halides is 6. The van der Waals surface area contributed by atoms with Gasteiger partial charge in [0.15, 0.2) is 0 Å². The predicted octanol–water partition coefficient (Wildman–Crippen LogP) is 6.61. The Hall–Kier alpha value is -3.08. The summed E-state index contributed by atoms with van der Waals surface area (Å²) in [6, 6.07) is 7.36. The second-order valence-corrected chi connectivity index (χ2v) is 9.95. The molecule has 1 saturated carbocycles. The molecule has 2 aromatic rings. The van der Waals surface area contributed by atoms with Crippen LogP contribution in [0.5, 0.6) is 0 Å². The van der Waals surface area contributed by atoms with Gasteiger partial charge in [0.2, 0.25) is 5.91 Å². The number of hydrazone groups is 1. The first kappa shape index (κ1) is 27.9. The molecule has 0 saturated heterocycles. The average molecular weight is 560 g/mol. The summed E-state index contributed by atoms with van der Waals surface area (Å²) in [6.07, 6.45) is -7.02. The minimum atomic E-state index is -5.31. The molecule has 1 aliphatic carbocycles. The summed E-state index contributed by atoms with van der Waals surface area (Å²) in [5.41, 5.74) is -3.32. The van der Waals surface area contributed by atoms with Gasteiger partial charge in [-0.3, -0.25) is 9.59 Å². The highest BCUT2D eigenvalue weighted by Crippen LogP contribution is 2.43. The lowest BCUT2D eigenvalue weighted by Crippen LogP contribution is -2.39. The molecule has 12 heteroatoms. The van der Waals surface area contributed by atoms with Gasteiger partial charge in [-0.2, -0.15) is 31.4 Å². The monoisotopic (exact) mass is 559 g/mol. The third-order valence-electron chi connectivity index (χ3n) is 6.63. The van der Waals surface area contributed by atoms with Crippen molar-refractivity contribution in [3.63, 3.8) is 0 Å². The van der Waals surface area contributed by atoms with Crippen LogP contribution in [0.3, 0.4) is 0 Å². The Balaban J connectivity index is 1.53. The molecule has 2 unspecified atom stereocenters. The Labute approximate surface area is 219 Å². The van der Waals surface area contributed by atoms with Gasteiger partial charge < -0.3 is 5.32 Å². The molecule has 0 radical (unpaired) electrons. The van der Waals surface area contributed by atoms with Crippen molar-refractivity contribution < 1.29 is 35.9 Å². The SMILES string of the molecule is CC(NC(=O)CN1N=C(c2ccc(Cl)cc2)C(CCC2CC2)C1=O)c1cccc(C(F)(F)F)c1C(F)(F)F. The molecule has 4 rings (SSSR count). The Kier molecular flexibility index (Phi) is 7.79. The van der Waals surface area contributed by atoms with Gasteiger partial charge in [0.1, 0.15) is 6.54 Å². The Morgan fingerprint density at radius 1 is 1.05 bits per heavy atom. The third-order valence-corrected chi connectivity index (χ3v) is 6.89. The third kappa shape index (κ3) is 6.31. The van der Waals surface area contributed by atoms with Crippen molar-refractivity contribution in [3.8, 4) is 0 Å². The van der Waals surface area contributed by atoms with Crippen molar-refractivity contribution in [3.05, 3.63) is 69.7 Å². The zero-order chi connectivity index (χ0) is 27.8. The summed E-state index contributed by atoms with van der Waals surface area (Å²) >= 11 is 5.96. The zero-order valence-electron chi connectivity index (χ0n) is 20.2. The number of rotatable bonds is 8. The summed E-state index contributed by atoms with van der Waals surface area (Å²) in [6.45, 7) is 0.551. The number of carbonyl (C=O) groups is 2. The second kappa shape index (κ2) is 10.6. The number of nitrogens with zero attached hydrogens (tertiary/aromatic N) is 2. The van der Waals surface area contributed by atoms with Gasteiger partial charge in [0.05, 0.1) is 28.8 Å². The average Bonchev–Trinajstić information content (AvgIpc) is 3.61. The first-order valence-electron chi connectivity index (χ1n) is 12.0. The van der Waals surface area contributed by atoms with Crippen LogP contribution in [0, 0.1) is 11.8 Å². The van der Waals surface area contributed by atoms with Gasteiger partial charge in [0.25, 0.3) is 5.91 Å². The number of hydrogen-bond acceptors (Lipinski definition) is 3. The van der Waals surface area contributed by atoms with Gasteiger partial charge in [-0.15, -0.1) is 0 Å². The van der Waals surface area contributed by atoms with E-state index in [0.717, 1.165) is 43.3 Å². The fourth-order valence-corrected chi connectivity index (χ4v) is 4.72. The normalized spacial score (nSPS) is 18.9. The molecule has 2 amide bonds. The van der Waals surface area contributed by atoms with E-state index in [1.54, 1.807) is 24.3 Å². The minimum absolute atomic E-state index is 0.346. The van der Waals surface area contributed by atoms with Crippen LogP contribution in [0.15, 0.2) is 47.6 Å². The van der Waals surface area contributed by atoms with Crippen LogP contribution in [0.1, 0.15) is 60.9 Å². The highest BCUT2D eigenvalue weighted by Gasteiger charge is 2.45. The molecule has 5 nitrogen and oxygen atoms in total. The van der Waals surface area contributed by atoms with Gasteiger partial charge in [0, 0.05) is 5.02 Å². The molecule has 0 aromatic heterocycles. The van der Waals surface area contributed by atoms with Crippen molar-refractivity contribution >= 4 is 29.1 Å². The van der Waals surface area contributed by atoms with E-state index in [4.69, 9.17) is 11.6 Å². The van der Waals surface area contributed by atoms with E-state index in [2.05, 4.69) is 10.4 Å². The molecular weight excluding hydrogens is 536 g/mol. The van der Waals surface area contributed by atoms with Crippen molar-refractivity contribution in [2.45, 2.75) is 51.0 Å². The smallest absolute Gasteiger partial charge is 0.348 e. The summed E-state index contributed by atoms with van der Waals surface area (Å²) in [4.78, 5) is 25.9. The highest BCUT2D eigenvalue weighted by molar-refractivity contribution is 6.30. The molecule has 1 N–H and O–H groups in total. The van der Waals surface area contributed by atoms with Gasteiger partial charge in [-0.05, 0) is 55.0 Å². The topological polar surface area (TPSA) is 61.8 Å². The van der Waals surface area contributed by atoms with Crippen molar-refractivity contribution in [2.75, 3.05) is 6.54 Å². The molecule has 2 aromatic carbocycles. The lowest BCUT2D eigenvalue weighted by atomic mass is 9.91. The minimum Gasteiger partial charge on any atom is -0.348 e. The van der Waals surface area contributed by atoms with Crippen molar-refractivity contribution in [2.24, 2.45) is 16.9 Å². The van der Waals surface area contributed by atoms with Crippen LogP contribution in [-0.2, 0) is 21.9 Å². The summed E-state index contributed by atoms with van der Waals surface area (Å²) in [5.74, 6) is -1.34. The highest BCUT2D eigenvalue weighted by atomic mass is 35.5. The van der Waals surface area contributed by atoms with Gasteiger partial charge >= 0.3 is 12.4 Å². The molecule has 38 heavy (non-hydrogen) atoms. The number of carbonyl (C=O) groups excluding carboxylic acids is 2.